The second-order valence-corrected chi connectivity index (χ2v) is 2.03. The molecule has 1 rings (SSSR count). The number of nitrogens with zero attached hydrogens (tertiary/aromatic N) is 2. The molecule has 6 nitrogen and oxygen atoms in total. The van der Waals surface area contributed by atoms with Gasteiger partial charge in [0.2, 0.25) is 11.4 Å². The van der Waals surface area contributed by atoms with Crippen molar-refractivity contribution >= 4 is 11.4 Å². The van der Waals surface area contributed by atoms with E-state index in [1.54, 1.807) is 0 Å². The van der Waals surface area contributed by atoms with E-state index in [9.17, 15) is 20.8 Å². The van der Waals surface area contributed by atoms with Gasteiger partial charge in [-0.25, -0.2) is 0 Å². The first kappa shape index (κ1) is 16.4. The van der Waals surface area contributed by atoms with E-state index in [0.29, 0.717) is 0 Å². The van der Waals surface area contributed by atoms with Gasteiger partial charge in [-0.2, -0.15) is 9.80 Å². The fourth-order valence-electron chi connectivity index (χ4n) is 0.696. The van der Waals surface area contributed by atoms with E-state index in [-0.39, 0.29) is 70.5 Å². The summed E-state index contributed by atoms with van der Waals surface area (Å²) in [6, 6.07) is 0. The predicted molar refractivity (Wildman–Crippen MR) is 42.3 cm³/mol. The van der Waals surface area contributed by atoms with E-state index in [1.807, 2.05) is 0 Å². The molecule has 0 aromatic heterocycles. The zero-order valence-electron chi connectivity index (χ0n) is 7.84. The van der Waals surface area contributed by atoms with Gasteiger partial charge in [0.05, 0.1) is 0 Å². The summed E-state index contributed by atoms with van der Waals surface area (Å²) in [7, 11) is 0. The Balaban J connectivity index is 0. The first-order valence-corrected chi connectivity index (χ1v) is 3.00. The Morgan fingerprint density at radius 2 is 0.857 bits per heavy atom. The van der Waals surface area contributed by atoms with Crippen molar-refractivity contribution in [3.8, 4) is 0 Å². The normalized spacial score (nSPS) is 12.9. The molecule has 0 fully saturated rings. The van der Waals surface area contributed by atoms with E-state index in [2.05, 4.69) is 0 Å². The number of allylic oxidation sites excluding steroid dienone is 4. The summed E-state index contributed by atoms with van der Waals surface area (Å²) in [6.07, 6.45) is 4.38. The van der Waals surface area contributed by atoms with E-state index >= 15 is 0 Å². The minimum atomic E-state index is -0.607. The SMILES string of the molecule is [Na+].[Na+].[O-][N+]([O-])=C1C=CC(=[N+]([O-])[O-])C=C1. The first-order valence-electron chi connectivity index (χ1n) is 3.00. The van der Waals surface area contributed by atoms with Crippen LogP contribution < -0.4 is 59.1 Å². The molecule has 8 heteroatoms. The van der Waals surface area contributed by atoms with Crippen molar-refractivity contribution in [2.75, 3.05) is 0 Å². The summed E-state index contributed by atoms with van der Waals surface area (Å²) in [5.41, 5.74) is -0.304. The second kappa shape index (κ2) is 7.33. The Kier molecular flexibility index (Phi) is 8.61. The molecule has 1 aliphatic carbocycles. The number of hydrogen-bond acceptors (Lipinski definition) is 4. The molecule has 0 aliphatic heterocycles. The van der Waals surface area contributed by atoms with Crippen LogP contribution in [0.1, 0.15) is 0 Å². The minimum absolute atomic E-state index is 0. The number of rotatable bonds is 0. The van der Waals surface area contributed by atoms with Gasteiger partial charge in [0.1, 0.15) is 0 Å². The summed E-state index contributed by atoms with van der Waals surface area (Å²) in [5, 5.41) is 40.5. The van der Waals surface area contributed by atoms with Gasteiger partial charge < -0.3 is 20.8 Å². The third-order valence-electron chi connectivity index (χ3n) is 1.27. The molecule has 64 valence electrons. The second-order valence-electron chi connectivity index (χ2n) is 2.03. The molecule has 0 unspecified atom stereocenters. The maximum Gasteiger partial charge on any atom is 1.00 e. The van der Waals surface area contributed by atoms with E-state index in [1.165, 1.54) is 0 Å². The molecule has 0 N–H and O–H groups in total. The van der Waals surface area contributed by atoms with Crippen LogP contribution in [0.4, 0.5) is 0 Å². The molecule has 0 spiro atoms. The van der Waals surface area contributed by atoms with E-state index < -0.39 is 9.80 Å². The molecule has 0 bridgehead atoms. The van der Waals surface area contributed by atoms with Crippen molar-refractivity contribution in [1.29, 1.82) is 0 Å². The van der Waals surface area contributed by atoms with Crippen molar-refractivity contribution in [1.82, 2.24) is 0 Å². The van der Waals surface area contributed by atoms with Crippen LogP contribution in [0.2, 0.25) is 0 Å². The van der Waals surface area contributed by atoms with Gasteiger partial charge in [-0.05, 0) is 0 Å². The molecule has 0 aromatic carbocycles. The fraction of sp³-hybridized carbons (Fsp3) is 0. The maximum atomic E-state index is 10.1. The zero-order chi connectivity index (χ0) is 9.14. The molecule has 14 heavy (non-hydrogen) atoms. The summed E-state index contributed by atoms with van der Waals surface area (Å²) >= 11 is 0. The Labute approximate surface area is 124 Å². The van der Waals surface area contributed by atoms with Crippen molar-refractivity contribution in [2.24, 2.45) is 0 Å². The summed E-state index contributed by atoms with van der Waals surface area (Å²) in [5.74, 6) is 0. The smallest absolute Gasteiger partial charge is 0.612 e. The van der Waals surface area contributed by atoms with Crippen LogP contribution in [0, 0.1) is 20.8 Å². The van der Waals surface area contributed by atoms with Gasteiger partial charge in [-0.15, -0.1) is 0 Å². The Morgan fingerprint density at radius 1 is 0.643 bits per heavy atom. The largest absolute Gasteiger partial charge is 1.00 e. The average Bonchev–Trinajstić information content (AvgIpc) is 2.04. The van der Waals surface area contributed by atoms with Crippen molar-refractivity contribution in [3.05, 3.63) is 45.1 Å². The summed E-state index contributed by atoms with van der Waals surface area (Å²) in [4.78, 5) is -1.21. The molecule has 1 aliphatic rings. The van der Waals surface area contributed by atoms with Crippen LogP contribution >= 0.6 is 0 Å². The molecule has 0 radical (unpaired) electrons. The van der Waals surface area contributed by atoms with Crippen molar-refractivity contribution in [2.45, 2.75) is 0 Å². The van der Waals surface area contributed by atoms with Crippen LogP contribution in [0.5, 0.6) is 0 Å². The van der Waals surface area contributed by atoms with Gasteiger partial charge >= 0.3 is 59.1 Å². The van der Waals surface area contributed by atoms with Gasteiger partial charge in [-0.1, -0.05) is 0 Å². The van der Waals surface area contributed by atoms with Crippen molar-refractivity contribution in [3.63, 3.8) is 0 Å². The molecule has 0 amide bonds. The maximum absolute atomic E-state index is 10.1. The van der Waals surface area contributed by atoms with Crippen LogP contribution in [0.3, 0.4) is 0 Å². The molecule has 0 atom stereocenters. The first-order chi connectivity index (χ1) is 5.61. The monoisotopic (exact) mass is 214 g/mol. The molecule has 0 saturated heterocycles. The van der Waals surface area contributed by atoms with E-state index in [4.69, 9.17) is 0 Å². The minimum Gasteiger partial charge on any atom is -0.612 e. The van der Waals surface area contributed by atoms with Gasteiger partial charge in [0.25, 0.3) is 0 Å². The summed E-state index contributed by atoms with van der Waals surface area (Å²) in [6.45, 7) is 0. The van der Waals surface area contributed by atoms with Crippen LogP contribution in [0.15, 0.2) is 24.3 Å². The van der Waals surface area contributed by atoms with E-state index in [0.717, 1.165) is 24.3 Å². The molecular formula is C6H4N2Na2O4. The molecule has 0 saturated carbocycles. The van der Waals surface area contributed by atoms with Gasteiger partial charge in [0.15, 0.2) is 0 Å². The third kappa shape index (κ3) is 4.50. The molecule has 0 aromatic rings. The molecule has 0 heterocycles. The topological polar surface area (TPSA) is 98.3 Å². The van der Waals surface area contributed by atoms with Crippen LogP contribution in [-0.2, 0) is 0 Å². The zero-order valence-corrected chi connectivity index (χ0v) is 11.8. The quantitative estimate of drug-likeness (QED) is 0.173. The average molecular weight is 214 g/mol. The van der Waals surface area contributed by atoms with Crippen LogP contribution in [0.25, 0.3) is 0 Å². The fourth-order valence-corrected chi connectivity index (χ4v) is 0.696. The Hall–Kier alpha value is 0.0200. The van der Waals surface area contributed by atoms with Gasteiger partial charge in [0, 0.05) is 24.3 Å². The third-order valence-corrected chi connectivity index (χ3v) is 1.27. The Morgan fingerprint density at radius 3 is 1.00 bits per heavy atom. The number of hydrogen-bond donors (Lipinski definition) is 0. The van der Waals surface area contributed by atoms with Crippen molar-refractivity contribution < 1.29 is 68.9 Å². The standard InChI is InChI=1S/C6H4N2O4.2Na/c9-7(10)5-1-2-6(4-3-5)8(11)12;;/h1-4H;;/q-2;2*+1. The predicted octanol–water partition coefficient (Wildman–Crippen LogP) is -5.98. The summed E-state index contributed by atoms with van der Waals surface area (Å²) < 4.78 is 0. The van der Waals surface area contributed by atoms with Gasteiger partial charge in [-0.3, -0.25) is 0 Å². The van der Waals surface area contributed by atoms with Crippen LogP contribution in [-0.4, -0.2) is 21.2 Å². The molecular weight excluding hydrogens is 210 g/mol. The Bertz CT molecular complexity index is 266.